The summed E-state index contributed by atoms with van der Waals surface area (Å²) in [6, 6.07) is 8.02. The molecule has 2 saturated heterocycles. The third-order valence-corrected chi connectivity index (χ3v) is 6.10. The molecule has 0 radical (unpaired) electrons. The topological polar surface area (TPSA) is 39.7 Å². The van der Waals surface area contributed by atoms with E-state index in [1.54, 1.807) is 29.2 Å². The van der Waals surface area contributed by atoms with E-state index in [2.05, 4.69) is 9.88 Å². The van der Waals surface area contributed by atoms with Crippen molar-refractivity contribution in [1.82, 2.24) is 9.88 Å². The van der Waals surface area contributed by atoms with Crippen LogP contribution in [0, 0.1) is 11.2 Å². The first kappa shape index (κ1) is 17.7. The number of pyridine rings is 1. The molecular weight excluding hydrogens is 386 g/mol. The first-order chi connectivity index (χ1) is 13.4. The summed E-state index contributed by atoms with van der Waals surface area (Å²) >= 11 is 6.00. The highest BCUT2D eigenvalue weighted by molar-refractivity contribution is 6.30. The number of fused-ring (bicyclic) bond motifs is 1. The zero-order chi connectivity index (χ0) is 19.5. The van der Waals surface area contributed by atoms with Crippen LogP contribution in [0.5, 0.6) is 0 Å². The van der Waals surface area contributed by atoms with Crippen LogP contribution >= 0.6 is 11.6 Å². The molecule has 1 unspecified atom stereocenters. The normalized spacial score (nSPS) is 22.5. The fourth-order valence-corrected chi connectivity index (χ4v) is 4.67. The molecule has 5 rings (SSSR count). The van der Waals surface area contributed by atoms with Gasteiger partial charge in [-0.15, -0.1) is 0 Å². The van der Waals surface area contributed by atoms with Crippen LogP contribution in [0.1, 0.15) is 18.2 Å². The highest BCUT2D eigenvalue weighted by Gasteiger charge is 2.54. The molecule has 1 aromatic carbocycles. The quantitative estimate of drug-likeness (QED) is 0.720. The lowest BCUT2D eigenvalue weighted by Crippen LogP contribution is -2.74. The van der Waals surface area contributed by atoms with Crippen molar-refractivity contribution in [1.29, 1.82) is 0 Å². The fraction of sp³-hybridized carbons (Fsp3) is 0.400. The molecule has 8 heteroatoms. The van der Waals surface area contributed by atoms with Crippen LogP contribution in [0.2, 0.25) is 5.02 Å². The molecule has 0 N–H and O–H groups in total. The third kappa shape index (κ3) is 2.80. The zero-order valence-corrected chi connectivity index (χ0v) is 15.9. The average Bonchev–Trinajstić information content (AvgIpc) is 2.61. The smallest absolute Gasteiger partial charge is 0.324 e. The standard InChI is InChI=1S/C20H19ClF2N4O/c21-13-1-3-17-15(7-13)16(23)5-6-27(17)19(28)26-11-20(12-26)9-25(10-20)18-4-2-14(22)8-24-18/h1-4,7-8,16H,5-6,9-12H2. The van der Waals surface area contributed by atoms with Crippen LogP contribution in [0.15, 0.2) is 36.5 Å². The second-order valence-electron chi connectivity index (χ2n) is 7.94. The first-order valence-electron chi connectivity index (χ1n) is 9.31. The van der Waals surface area contributed by atoms with Gasteiger partial charge in [0.2, 0.25) is 0 Å². The molecule has 3 aliphatic heterocycles. The van der Waals surface area contributed by atoms with E-state index in [0.29, 0.717) is 35.9 Å². The lowest BCUT2D eigenvalue weighted by molar-refractivity contribution is 0.00941. The van der Waals surface area contributed by atoms with Crippen LogP contribution in [0.4, 0.5) is 25.1 Å². The number of aromatic nitrogens is 1. The van der Waals surface area contributed by atoms with Crippen molar-refractivity contribution in [3.8, 4) is 0 Å². The molecule has 2 fully saturated rings. The number of carbonyl (C=O) groups is 1. The summed E-state index contributed by atoms with van der Waals surface area (Å²) in [7, 11) is 0. The van der Waals surface area contributed by atoms with E-state index in [-0.39, 0.29) is 23.7 Å². The minimum atomic E-state index is -1.09. The average molecular weight is 405 g/mol. The summed E-state index contributed by atoms with van der Waals surface area (Å²) in [5, 5.41) is 0.475. The SMILES string of the molecule is O=C(N1CC2(C1)CN(c1ccc(F)cn1)C2)N1CCC(F)c2cc(Cl)ccc21. The Morgan fingerprint density at radius 1 is 1.18 bits per heavy atom. The van der Waals surface area contributed by atoms with Crippen molar-refractivity contribution in [2.24, 2.45) is 5.41 Å². The molecule has 4 heterocycles. The number of rotatable bonds is 1. The molecule has 0 saturated carbocycles. The molecule has 2 aromatic rings. The summed E-state index contributed by atoms with van der Waals surface area (Å²) in [4.78, 5) is 22.6. The van der Waals surface area contributed by atoms with E-state index in [9.17, 15) is 13.6 Å². The molecule has 2 amide bonds. The largest absolute Gasteiger partial charge is 0.355 e. The van der Waals surface area contributed by atoms with Gasteiger partial charge in [-0.2, -0.15) is 0 Å². The monoisotopic (exact) mass is 404 g/mol. The third-order valence-electron chi connectivity index (χ3n) is 5.87. The minimum Gasteiger partial charge on any atom is -0.355 e. The van der Waals surface area contributed by atoms with Gasteiger partial charge in [0.25, 0.3) is 0 Å². The van der Waals surface area contributed by atoms with Crippen LogP contribution in [-0.4, -0.2) is 48.6 Å². The second-order valence-corrected chi connectivity index (χ2v) is 8.38. The molecule has 0 bridgehead atoms. The zero-order valence-electron chi connectivity index (χ0n) is 15.1. The van der Waals surface area contributed by atoms with Crippen LogP contribution in [0.3, 0.4) is 0 Å². The lowest BCUT2D eigenvalue weighted by atomic mass is 9.73. The Bertz CT molecular complexity index is 924. The minimum absolute atomic E-state index is 0.0764. The number of alkyl halides is 1. The van der Waals surface area contributed by atoms with Gasteiger partial charge in [-0.3, -0.25) is 4.90 Å². The Morgan fingerprint density at radius 3 is 2.68 bits per heavy atom. The molecule has 5 nitrogen and oxygen atoms in total. The van der Waals surface area contributed by atoms with Crippen LogP contribution in [-0.2, 0) is 0 Å². The van der Waals surface area contributed by atoms with Crippen molar-refractivity contribution in [2.75, 3.05) is 42.5 Å². The van der Waals surface area contributed by atoms with Gasteiger partial charge < -0.3 is 9.80 Å². The summed E-state index contributed by atoms with van der Waals surface area (Å²) < 4.78 is 27.3. The summed E-state index contributed by atoms with van der Waals surface area (Å²) in [6.45, 7) is 3.30. The van der Waals surface area contributed by atoms with Crippen molar-refractivity contribution >= 4 is 29.1 Å². The molecule has 1 spiro atoms. The van der Waals surface area contributed by atoms with E-state index < -0.39 is 6.17 Å². The van der Waals surface area contributed by atoms with Gasteiger partial charge in [-0.05, 0) is 30.3 Å². The molecule has 0 aliphatic carbocycles. The highest BCUT2D eigenvalue weighted by Crippen LogP contribution is 2.43. The Kier molecular flexibility index (Phi) is 3.98. The number of urea groups is 1. The van der Waals surface area contributed by atoms with Crippen molar-refractivity contribution in [2.45, 2.75) is 12.6 Å². The van der Waals surface area contributed by atoms with Gasteiger partial charge in [0.1, 0.15) is 17.8 Å². The molecule has 1 aromatic heterocycles. The maximum atomic E-state index is 14.3. The Balaban J connectivity index is 1.24. The van der Waals surface area contributed by atoms with E-state index in [1.165, 1.54) is 12.3 Å². The number of anilines is 2. The van der Waals surface area contributed by atoms with E-state index in [1.807, 2.05) is 4.90 Å². The number of halogens is 3. The number of amides is 2. The predicted octanol–water partition coefficient (Wildman–Crippen LogP) is 4.04. The van der Waals surface area contributed by atoms with Crippen molar-refractivity contribution in [3.63, 3.8) is 0 Å². The van der Waals surface area contributed by atoms with Crippen LogP contribution < -0.4 is 9.80 Å². The molecule has 1 atom stereocenters. The number of hydrogen-bond acceptors (Lipinski definition) is 3. The fourth-order valence-electron chi connectivity index (χ4n) is 4.49. The van der Waals surface area contributed by atoms with Gasteiger partial charge in [0.15, 0.2) is 0 Å². The first-order valence-corrected chi connectivity index (χ1v) is 9.68. The summed E-state index contributed by atoms with van der Waals surface area (Å²) in [5.41, 5.74) is 1.17. The molecular formula is C20H19ClF2N4O. The van der Waals surface area contributed by atoms with Gasteiger partial charge >= 0.3 is 6.03 Å². The number of nitrogens with zero attached hydrogens (tertiary/aromatic N) is 4. The Morgan fingerprint density at radius 2 is 1.96 bits per heavy atom. The maximum Gasteiger partial charge on any atom is 0.324 e. The Hall–Kier alpha value is -2.41. The summed E-state index contributed by atoms with van der Waals surface area (Å²) in [6.07, 6.45) is 0.404. The second kappa shape index (κ2) is 6.30. The molecule has 28 heavy (non-hydrogen) atoms. The van der Waals surface area contributed by atoms with Gasteiger partial charge in [-0.25, -0.2) is 18.6 Å². The number of hydrogen-bond donors (Lipinski definition) is 0. The number of carbonyl (C=O) groups excluding carboxylic acids is 1. The van der Waals surface area contributed by atoms with E-state index >= 15 is 0 Å². The lowest BCUT2D eigenvalue weighted by Gasteiger charge is -2.60. The van der Waals surface area contributed by atoms with Crippen molar-refractivity contribution in [3.05, 3.63) is 52.9 Å². The van der Waals surface area contributed by atoms with Crippen molar-refractivity contribution < 1.29 is 13.6 Å². The number of benzene rings is 1. The predicted molar refractivity (Wildman–Crippen MR) is 103 cm³/mol. The molecule has 3 aliphatic rings. The van der Waals surface area contributed by atoms with Gasteiger partial charge in [0.05, 0.1) is 11.9 Å². The molecule has 146 valence electrons. The summed E-state index contributed by atoms with van der Waals surface area (Å²) in [5.74, 6) is 0.408. The van der Waals surface area contributed by atoms with Gasteiger partial charge in [-0.1, -0.05) is 11.6 Å². The highest BCUT2D eigenvalue weighted by atomic mass is 35.5. The van der Waals surface area contributed by atoms with E-state index in [4.69, 9.17) is 11.6 Å². The van der Waals surface area contributed by atoms with E-state index in [0.717, 1.165) is 18.9 Å². The maximum absolute atomic E-state index is 14.3. The van der Waals surface area contributed by atoms with Crippen LogP contribution in [0.25, 0.3) is 0 Å². The van der Waals surface area contributed by atoms with Gasteiger partial charge in [0, 0.05) is 55.1 Å². The number of likely N-dealkylation sites (tertiary alicyclic amines) is 1. The Labute approximate surface area is 166 Å².